The highest BCUT2D eigenvalue weighted by Crippen LogP contribution is 2.29. The minimum atomic E-state index is -0.478. The summed E-state index contributed by atoms with van der Waals surface area (Å²) in [5, 5.41) is 3.96. The SMILES string of the molecule is CCOc1cc(/C=N/NC(=O)COc2ccc(C)cc2C)ccc1OC(=O)c1ccccc1. The van der Waals surface area contributed by atoms with Gasteiger partial charge in [-0.15, -0.1) is 0 Å². The number of nitrogens with one attached hydrogen (secondary N) is 1. The number of carbonyl (C=O) groups excluding carboxylic acids is 2. The summed E-state index contributed by atoms with van der Waals surface area (Å²) < 4.78 is 16.6. The molecule has 0 aromatic heterocycles. The fourth-order valence-corrected chi connectivity index (χ4v) is 3.01. The van der Waals surface area contributed by atoms with Crippen LogP contribution in [0, 0.1) is 13.8 Å². The number of hydrogen-bond acceptors (Lipinski definition) is 6. The van der Waals surface area contributed by atoms with E-state index >= 15 is 0 Å². The molecule has 0 aliphatic heterocycles. The fraction of sp³-hybridized carbons (Fsp3) is 0.192. The first-order valence-corrected chi connectivity index (χ1v) is 10.5. The summed E-state index contributed by atoms with van der Waals surface area (Å²) >= 11 is 0. The van der Waals surface area contributed by atoms with Crippen LogP contribution in [0.1, 0.15) is 34.0 Å². The third kappa shape index (κ3) is 6.93. The van der Waals surface area contributed by atoms with Crippen LogP contribution in [0.25, 0.3) is 0 Å². The van der Waals surface area contributed by atoms with E-state index in [2.05, 4.69) is 10.5 Å². The molecule has 0 spiro atoms. The minimum Gasteiger partial charge on any atom is -0.490 e. The van der Waals surface area contributed by atoms with Crippen molar-refractivity contribution in [2.75, 3.05) is 13.2 Å². The Kier molecular flexibility index (Phi) is 8.18. The highest BCUT2D eigenvalue weighted by atomic mass is 16.6. The van der Waals surface area contributed by atoms with Crippen molar-refractivity contribution in [3.8, 4) is 17.2 Å². The standard InChI is InChI=1S/C26H26N2O5/c1-4-31-24-15-20(11-13-23(24)33-26(30)21-8-6-5-7-9-21)16-27-28-25(29)17-32-22-12-10-18(2)14-19(22)3/h5-16H,4,17H2,1-3H3,(H,28,29)/b27-16+. The molecule has 0 saturated carbocycles. The van der Waals surface area contributed by atoms with Crippen molar-refractivity contribution in [1.29, 1.82) is 0 Å². The molecule has 3 aromatic rings. The number of ether oxygens (including phenoxy) is 3. The Morgan fingerprint density at radius 3 is 2.39 bits per heavy atom. The largest absolute Gasteiger partial charge is 0.490 e. The van der Waals surface area contributed by atoms with Gasteiger partial charge in [-0.3, -0.25) is 4.79 Å². The van der Waals surface area contributed by atoms with Crippen molar-refractivity contribution in [3.63, 3.8) is 0 Å². The predicted molar refractivity (Wildman–Crippen MR) is 126 cm³/mol. The van der Waals surface area contributed by atoms with Gasteiger partial charge in [0.1, 0.15) is 5.75 Å². The highest BCUT2D eigenvalue weighted by Gasteiger charge is 2.13. The van der Waals surface area contributed by atoms with E-state index in [1.807, 2.05) is 45.0 Å². The lowest BCUT2D eigenvalue weighted by Gasteiger charge is -2.11. The van der Waals surface area contributed by atoms with E-state index in [1.54, 1.807) is 42.5 Å². The second kappa shape index (κ2) is 11.5. The van der Waals surface area contributed by atoms with Crippen LogP contribution in [0.3, 0.4) is 0 Å². The molecule has 3 aromatic carbocycles. The van der Waals surface area contributed by atoms with Gasteiger partial charge in [-0.2, -0.15) is 5.10 Å². The Labute approximate surface area is 193 Å². The van der Waals surface area contributed by atoms with Gasteiger partial charge in [-0.25, -0.2) is 10.2 Å². The molecule has 0 bridgehead atoms. The number of esters is 1. The van der Waals surface area contributed by atoms with Crippen LogP contribution in [0.5, 0.6) is 17.2 Å². The van der Waals surface area contributed by atoms with Gasteiger partial charge in [0, 0.05) is 0 Å². The van der Waals surface area contributed by atoms with Gasteiger partial charge >= 0.3 is 5.97 Å². The number of amides is 1. The van der Waals surface area contributed by atoms with Gasteiger partial charge in [0.25, 0.3) is 5.91 Å². The van der Waals surface area contributed by atoms with E-state index in [4.69, 9.17) is 14.2 Å². The van der Waals surface area contributed by atoms with Crippen LogP contribution >= 0.6 is 0 Å². The van der Waals surface area contributed by atoms with Gasteiger partial charge in [0.2, 0.25) is 0 Å². The van der Waals surface area contributed by atoms with E-state index in [-0.39, 0.29) is 12.5 Å². The zero-order valence-electron chi connectivity index (χ0n) is 18.8. The topological polar surface area (TPSA) is 86.2 Å². The monoisotopic (exact) mass is 446 g/mol. The zero-order valence-corrected chi connectivity index (χ0v) is 18.8. The van der Waals surface area contributed by atoms with Gasteiger partial charge in [0.05, 0.1) is 18.4 Å². The van der Waals surface area contributed by atoms with Crippen LogP contribution in [0.4, 0.5) is 0 Å². The molecular formula is C26H26N2O5. The van der Waals surface area contributed by atoms with E-state index in [9.17, 15) is 9.59 Å². The van der Waals surface area contributed by atoms with E-state index in [1.165, 1.54) is 6.21 Å². The number of benzene rings is 3. The molecule has 0 saturated heterocycles. The van der Waals surface area contributed by atoms with Gasteiger partial charge < -0.3 is 14.2 Å². The Hall–Kier alpha value is -4.13. The number of hydrazone groups is 1. The van der Waals surface area contributed by atoms with E-state index in [0.29, 0.717) is 35.0 Å². The molecule has 1 amide bonds. The van der Waals surface area contributed by atoms with E-state index < -0.39 is 5.97 Å². The van der Waals surface area contributed by atoms with E-state index in [0.717, 1.165) is 11.1 Å². The molecule has 0 aliphatic rings. The molecular weight excluding hydrogens is 420 g/mol. The molecule has 0 aliphatic carbocycles. The number of nitrogens with zero attached hydrogens (tertiary/aromatic N) is 1. The van der Waals surface area contributed by atoms with Crippen molar-refractivity contribution in [2.45, 2.75) is 20.8 Å². The first kappa shape index (κ1) is 23.5. The lowest BCUT2D eigenvalue weighted by atomic mass is 10.1. The highest BCUT2D eigenvalue weighted by molar-refractivity contribution is 5.91. The lowest BCUT2D eigenvalue weighted by Crippen LogP contribution is -2.24. The molecule has 7 nitrogen and oxygen atoms in total. The molecule has 0 atom stereocenters. The maximum Gasteiger partial charge on any atom is 0.343 e. The first-order chi connectivity index (χ1) is 16.0. The second-order valence-electron chi connectivity index (χ2n) is 7.25. The average Bonchev–Trinajstić information content (AvgIpc) is 2.81. The van der Waals surface area contributed by atoms with Gasteiger partial charge in [-0.05, 0) is 68.3 Å². The molecule has 1 N–H and O–H groups in total. The molecule has 3 rings (SSSR count). The van der Waals surface area contributed by atoms with Crippen LogP contribution in [0.15, 0.2) is 71.8 Å². The molecule has 7 heteroatoms. The molecule has 0 heterocycles. The number of hydrogen-bond donors (Lipinski definition) is 1. The smallest absolute Gasteiger partial charge is 0.343 e. The van der Waals surface area contributed by atoms with Crippen LogP contribution < -0.4 is 19.6 Å². The van der Waals surface area contributed by atoms with Crippen molar-refractivity contribution >= 4 is 18.1 Å². The Morgan fingerprint density at radius 1 is 0.909 bits per heavy atom. The van der Waals surface area contributed by atoms with Crippen molar-refractivity contribution < 1.29 is 23.8 Å². The third-order valence-corrected chi connectivity index (χ3v) is 4.57. The normalized spacial score (nSPS) is 10.6. The number of carbonyl (C=O) groups is 2. The van der Waals surface area contributed by atoms with Crippen molar-refractivity contribution in [2.24, 2.45) is 5.10 Å². The summed E-state index contributed by atoms with van der Waals surface area (Å²) in [6.45, 7) is 5.99. The number of aryl methyl sites for hydroxylation is 2. The average molecular weight is 447 g/mol. The predicted octanol–water partition coefficient (Wildman–Crippen LogP) is 4.45. The Balaban J connectivity index is 1.59. The fourth-order valence-electron chi connectivity index (χ4n) is 3.01. The Bertz CT molecular complexity index is 1140. The summed E-state index contributed by atoms with van der Waals surface area (Å²) in [4.78, 5) is 24.4. The third-order valence-electron chi connectivity index (χ3n) is 4.57. The minimum absolute atomic E-state index is 0.153. The van der Waals surface area contributed by atoms with Crippen LogP contribution in [0.2, 0.25) is 0 Å². The maximum atomic E-state index is 12.3. The molecule has 33 heavy (non-hydrogen) atoms. The zero-order chi connectivity index (χ0) is 23.6. The quantitative estimate of drug-likeness (QED) is 0.227. The lowest BCUT2D eigenvalue weighted by molar-refractivity contribution is -0.123. The summed E-state index contributed by atoms with van der Waals surface area (Å²) in [5.41, 5.74) is 5.62. The van der Waals surface area contributed by atoms with Crippen molar-refractivity contribution in [1.82, 2.24) is 5.43 Å². The Morgan fingerprint density at radius 2 is 1.67 bits per heavy atom. The summed E-state index contributed by atoms with van der Waals surface area (Å²) in [7, 11) is 0. The van der Waals surface area contributed by atoms with Crippen LogP contribution in [-0.4, -0.2) is 31.3 Å². The molecule has 0 unspecified atom stereocenters. The maximum absolute atomic E-state index is 12.3. The molecule has 170 valence electrons. The summed E-state index contributed by atoms with van der Waals surface area (Å²) in [6.07, 6.45) is 1.47. The van der Waals surface area contributed by atoms with Crippen molar-refractivity contribution in [3.05, 3.63) is 89.0 Å². The summed E-state index contributed by atoms with van der Waals surface area (Å²) in [6, 6.07) is 19.5. The van der Waals surface area contributed by atoms with Gasteiger partial charge in [-0.1, -0.05) is 35.9 Å². The molecule has 0 fully saturated rings. The summed E-state index contributed by atoms with van der Waals surface area (Å²) in [5.74, 6) is 0.490. The van der Waals surface area contributed by atoms with Gasteiger partial charge in [0.15, 0.2) is 18.1 Å². The second-order valence-corrected chi connectivity index (χ2v) is 7.25. The first-order valence-electron chi connectivity index (χ1n) is 10.5. The number of rotatable bonds is 9. The van der Waals surface area contributed by atoms with Crippen LogP contribution in [-0.2, 0) is 4.79 Å². The molecule has 0 radical (unpaired) electrons.